The first-order chi connectivity index (χ1) is 16.7. The quantitative estimate of drug-likeness (QED) is 0.454. The summed E-state index contributed by atoms with van der Waals surface area (Å²) in [6.45, 7) is 10.5. The molecule has 9 heteroatoms. The molecule has 0 unspecified atom stereocenters. The molecule has 4 aromatic rings. The van der Waals surface area contributed by atoms with Crippen molar-refractivity contribution in [3.8, 4) is 11.1 Å². The van der Waals surface area contributed by atoms with Crippen molar-refractivity contribution in [2.45, 2.75) is 33.1 Å². The number of aryl methyl sites for hydroxylation is 1. The van der Waals surface area contributed by atoms with Crippen LogP contribution in [0.4, 0.5) is 15.8 Å². The molecule has 0 radical (unpaired) electrons. The first kappa shape index (κ1) is 23.0. The maximum atomic E-state index is 14.9. The molecule has 0 bridgehead atoms. The van der Waals surface area contributed by atoms with Crippen molar-refractivity contribution in [1.29, 1.82) is 0 Å². The molecule has 0 atom stereocenters. The van der Waals surface area contributed by atoms with E-state index in [9.17, 15) is 9.18 Å². The molecule has 4 heterocycles. The van der Waals surface area contributed by atoms with Gasteiger partial charge in [0.15, 0.2) is 17.2 Å². The number of aromatic nitrogens is 3. The Bertz CT molecular complexity index is 1400. The van der Waals surface area contributed by atoms with Crippen LogP contribution in [0.25, 0.3) is 16.8 Å². The molecule has 1 saturated heterocycles. The van der Waals surface area contributed by atoms with Crippen molar-refractivity contribution in [1.82, 2.24) is 14.4 Å². The molecule has 1 aliphatic heterocycles. The van der Waals surface area contributed by atoms with Crippen LogP contribution in [0, 0.1) is 12.7 Å². The van der Waals surface area contributed by atoms with Crippen molar-refractivity contribution in [3.63, 3.8) is 0 Å². The van der Waals surface area contributed by atoms with Gasteiger partial charge in [0, 0.05) is 42.7 Å². The van der Waals surface area contributed by atoms with E-state index in [1.165, 1.54) is 12.3 Å². The van der Waals surface area contributed by atoms with E-state index in [0.29, 0.717) is 19.1 Å². The highest BCUT2D eigenvalue weighted by Gasteiger charge is 2.23. The summed E-state index contributed by atoms with van der Waals surface area (Å²) in [6, 6.07) is 5.15. The van der Waals surface area contributed by atoms with Crippen molar-refractivity contribution < 1.29 is 18.3 Å². The number of nitrogens with one attached hydrogen (secondary N) is 1. The second-order valence-electron chi connectivity index (χ2n) is 9.76. The number of hydrogen-bond donors (Lipinski definition) is 1. The van der Waals surface area contributed by atoms with Crippen LogP contribution in [0.3, 0.4) is 0 Å². The van der Waals surface area contributed by atoms with Crippen molar-refractivity contribution in [3.05, 3.63) is 66.0 Å². The lowest BCUT2D eigenvalue weighted by molar-refractivity contribution is 0.102. The number of benzene rings is 1. The molecular weight excluding hydrogens is 449 g/mol. The number of pyridine rings is 1. The SMILES string of the molecule is Cc1cc(F)c(NC(=O)c2coc(C(C)(C)C)n2)cc1-c1cc(N2CCOCC2)c2nccn2c1. The predicted octanol–water partition coefficient (Wildman–Crippen LogP) is 4.82. The third-order valence-corrected chi connectivity index (χ3v) is 6.07. The predicted molar refractivity (Wildman–Crippen MR) is 132 cm³/mol. The summed E-state index contributed by atoms with van der Waals surface area (Å²) in [5.74, 6) is -0.606. The van der Waals surface area contributed by atoms with Crippen molar-refractivity contribution in [2.24, 2.45) is 0 Å². The Morgan fingerprint density at radius 3 is 2.66 bits per heavy atom. The van der Waals surface area contributed by atoms with E-state index in [-0.39, 0.29) is 16.8 Å². The average Bonchev–Trinajstić information content (AvgIpc) is 3.50. The Labute approximate surface area is 202 Å². The number of carbonyl (C=O) groups excluding carboxylic acids is 1. The van der Waals surface area contributed by atoms with E-state index in [4.69, 9.17) is 9.15 Å². The Balaban J connectivity index is 1.51. The lowest BCUT2D eigenvalue weighted by Gasteiger charge is -2.29. The first-order valence-corrected chi connectivity index (χ1v) is 11.6. The molecule has 35 heavy (non-hydrogen) atoms. The van der Waals surface area contributed by atoms with E-state index in [1.54, 1.807) is 12.3 Å². The van der Waals surface area contributed by atoms with Gasteiger partial charge < -0.3 is 23.8 Å². The van der Waals surface area contributed by atoms with Gasteiger partial charge in [-0.15, -0.1) is 0 Å². The topological polar surface area (TPSA) is 84.9 Å². The molecule has 1 aliphatic rings. The summed E-state index contributed by atoms with van der Waals surface area (Å²) in [4.78, 5) is 23.8. The highest BCUT2D eigenvalue weighted by atomic mass is 19.1. The van der Waals surface area contributed by atoms with Crippen LogP contribution in [0.5, 0.6) is 0 Å². The fourth-order valence-electron chi connectivity index (χ4n) is 4.19. The number of carbonyl (C=O) groups is 1. The van der Waals surface area contributed by atoms with Gasteiger partial charge in [0.1, 0.15) is 12.1 Å². The summed E-state index contributed by atoms with van der Waals surface area (Å²) in [7, 11) is 0. The van der Waals surface area contributed by atoms with Gasteiger partial charge in [-0.3, -0.25) is 4.79 Å². The number of nitrogens with zero attached hydrogens (tertiary/aromatic N) is 4. The number of ether oxygens (including phenoxy) is 1. The van der Waals surface area contributed by atoms with Gasteiger partial charge in [0.05, 0.1) is 24.6 Å². The first-order valence-electron chi connectivity index (χ1n) is 11.6. The van der Waals surface area contributed by atoms with Gasteiger partial charge in [-0.2, -0.15) is 0 Å². The largest absolute Gasteiger partial charge is 0.448 e. The van der Waals surface area contributed by atoms with Crippen LogP contribution >= 0.6 is 0 Å². The van der Waals surface area contributed by atoms with E-state index in [1.807, 2.05) is 44.5 Å². The summed E-state index contributed by atoms with van der Waals surface area (Å²) in [6.07, 6.45) is 6.91. The number of morpholine rings is 1. The Morgan fingerprint density at radius 2 is 1.94 bits per heavy atom. The number of hydrogen-bond acceptors (Lipinski definition) is 6. The minimum Gasteiger partial charge on any atom is -0.448 e. The smallest absolute Gasteiger partial charge is 0.277 e. The lowest BCUT2D eigenvalue weighted by atomic mass is 9.97. The van der Waals surface area contributed by atoms with Crippen LogP contribution in [0.1, 0.15) is 42.7 Å². The molecule has 0 aliphatic carbocycles. The number of imidazole rings is 1. The molecule has 1 N–H and O–H groups in total. The zero-order valence-corrected chi connectivity index (χ0v) is 20.3. The molecule has 0 spiro atoms. The minimum absolute atomic E-state index is 0.0783. The molecule has 8 nitrogen and oxygen atoms in total. The molecule has 1 aromatic carbocycles. The molecule has 0 saturated carbocycles. The van der Waals surface area contributed by atoms with Crippen molar-refractivity contribution in [2.75, 3.05) is 36.5 Å². The normalized spacial score (nSPS) is 14.5. The summed E-state index contributed by atoms with van der Waals surface area (Å²) in [5.41, 5.74) is 4.13. The summed E-state index contributed by atoms with van der Waals surface area (Å²) >= 11 is 0. The van der Waals surface area contributed by atoms with Gasteiger partial charge in [-0.05, 0) is 36.2 Å². The molecule has 182 valence electrons. The Hall–Kier alpha value is -3.72. The van der Waals surface area contributed by atoms with Crippen LogP contribution in [0.15, 0.2) is 47.5 Å². The molecular formula is C26H28FN5O3. The summed E-state index contributed by atoms with van der Waals surface area (Å²) < 4.78 is 27.8. The molecule has 1 fully saturated rings. The van der Waals surface area contributed by atoms with Gasteiger partial charge in [-0.1, -0.05) is 20.8 Å². The van der Waals surface area contributed by atoms with Crippen LogP contribution in [-0.4, -0.2) is 46.6 Å². The van der Waals surface area contributed by atoms with E-state index < -0.39 is 11.7 Å². The number of amides is 1. The third-order valence-electron chi connectivity index (χ3n) is 6.07. The van der Waals surface area contributed by atoms with Gasteiger partial charge in [0.25, 0.3) is 5.91 Å². The second-order valence-corrected chi connectivity index (χ2v) is 9.76. The average molecular weight is 478 g/mol. The number of oxazole rings is 1. The fourth-order valence-corrected chi connectivity index (χ4v) is 4.19. The molecule has 5 rings (SSSR count). The van der Waals surface area contributed by atoms with E-state index in [0.717, 1.165) is 41.1 Å². The van der Waals surface area contributed by atoms with Gasteiger partial charge >= 0.3 is 0 Å². The number of fused-ring (bicyclic) bond motifs is 1. The second kappa shape index (κ2) is 8.81. The van der Waals surface area contributed by atoms with E-state index >= 15 is 0 Å². The van der Waals surface area contributed by atoms with E-state index in [2.05, 4.69) is 26.3 Å². The Morgan fingerprint density at radius 1 is 1.17 bits per heavy atom. The maximum absolute atomic E-state index is 14.9. The lowest BCUT2D eigenvalue weighted by Crippen LogP contribution is -2.36. The summed E-state index contributed by atoms with van der Waals surface area (Å²) in [5, 5.41) is 2.66. The van der Waals surface area contributed by atoms with Gasteiger partial charge in [-0.25, -0.2) is 14.4 Å². The Kier molecular flexibility index (Phi) is 5.80. The minimum atomic E-state index is -0.531. The van der Waals surface area contributed by atoms with Crippen molar-refractivity contribution >= 4 is 22.9 Å². The van der Waals surface area contributed by atoms with Crippen LogP contribution in [-0.2, 0) is 10.2 Å². The molecule has 1 amide bonds. The highest BCUT2D eigenvalue weighted by molar-refractivity contribution is 6.03. The molecule has 3 aromatic heterocycles. The number of rotatable bonds is 4. The standard InChI is InChI=1S/C26H28FN5O3/c1-16-11-19(27)20(29-24(33)21-15-35-25(30-21)26(2,3)4)13-18(16)17-12-22(31-7-9-34-10-8-31)23-28-5-6-32(23)14-17/h5-6,11-15H,7-10H2,1-4H3,(H,29,33). The van der Waals surface area contributed by atoms with Crippen LogP contribution < -0.4 is 10.2 Å². The number of anilines is 2. The van der Waals surface area contributed by atoms with Gasteiger partial charge in [0.2, 0.25) is 0 Å². The zero-order valence-electron chi connectivity index (χ0n) is 20.3. The monoisotopic (exact) mass is 477 g/mol. The number of halogens is 1. The van der Waals surface area contributed by atoms with Crippen LogP contribution in [0.2, 0.25) is 0 Å². The third kappa shape index (κ3) is 4.51. The highest BCUT2D eigenvalue weighted by Crippen LogP contribution is 2.33. The zero-order chi connectivity index (χ0) is 24.7. The maximum Gasteiger partial charge on any atom is 0.277 e. The fraction of sp³-hybridized carbons (Fsp3) is 0.346.